The Kier molecular flexibility index (Phi) is 5.38. The first kappa shape index (κ1) is 20.2. The molecule has 0 amide bonds. The maximum atomic E-state index is 13.0. The summed E-state index contributed by atoms with van der Waals surface area (Å²) in [5, 5.41) is 13.4. The smallest absolute Gasteiger partial charge is 0.191 e. The summed E-state index contributed by atoms with van der Waals surface area (Å²) in [7, 11) is 0. The highest BCUT2D eigenvalue weighted by Crippen LogP contribution is 2.28. The molecule has 0 bridgehead atoms. The van der Waals surface area contributed by atoms with Crippen LogP contribution in [-0.4, -0.2) is 36.0 Å². The second-order valence-electron chi connectivity index (χ2n) is 7.07. The van der Waals surface area contributed by atoms with Gasteiger partial charge in [-0.1, -0.05) is 16.9 Å². The number of thioether (sulfide) groups is 1. The molecule has 8 nitrogen and oxygen atoms in total. The Balaban J connectivity index is 1.55. The summed E-state index contributed by atoms with van der Waals surface area (Å²) in [4.78, 5) is 13.0. The molecular weight excluding hydrogens is 402 g/mol. The van der Waals surface area contributed by atoms with Crippen molar-refractivity contribution in [1.29, 1.82) is 0 Å². The minimum atomic E-state index is 0.0336. The zero-order valence-electron chi connectivity index (χ0n) is 17.6. The van der Waals surface area contributed by atoms with E-state index in [1.54, 1.807) is 6.26 Å². The van der Waals surface area contributed by atoms with Crippen molar-refractivity contribution in [2.24, 2.45) is 0 Å². The number of Topliss-reactive ketones (excluding diaryl/α,β-unsaturated/α-hetero) is 1. The second-order valence-corrected chi connectivity index (χ2v) is 8.01. The standard InChI is InChI=1S/C21H23N5O3S/c1-6-25-20(16-7-8-28-15(16)5)22-23-21(25)30-11-18(27)17-9-12(2)26(14(17)4)19-10-13(3)29-24-19/h7-10H,6,11H2,1-5H3. The summed E-state index contributed by atoms with van der Waals surface area (Å²) in [6.45, 7) is 10.3. The van der Waals surface area contributed by atoms with E-state index in [-0.39, 0.29) is 11.5 Å². The van der Waals surface area contributed by atoms with E-state index in [1.165, 1.54) is 11.8 Å². The lowest BCUT2D eigenvalue weighted by Gasteiger charge is -2.07. The number of hydrogen-bond acceptors (Lipinski definition) is 7. The average molecular weight is 426 g/mol. The van der Waals surface area contributed by atoms with E-state index < -0.39 is 0 Å². The van der Waals surface area contributed by atoms with Crippen molar-refractivity contribution >= 4 is 17.5 Å². The number of furan rings is 1. The van der Waals surface area contributed by atoms with E-state index >= 15 is 0 Å². The van der Waals surface area contributed by atoms with Crippen LogP contribution in [-0.2, 0) is 6.54 Å². The van der Waals surface area contributed by atoms with Gasteiger partial charge in [-0.2, -0.15) is 0 Å². The first-order chi connectivity index (χ1) is 14.4. The van der Waals surface area contributed by atoms with Crippen LogP contribution in [0.3, 0.4) is 0 Å². The molecule has 9 heteroatoms. The fraction of sp³-hybridized carbons (Fsp3) is 0.333. The molecule has 0 saturated carbocycles. The van der Waals surface area contributed by atoms with Crippen LogP contribution in [0.4, 0.5) is 0 Å². The monoisotopic (exact) mass is 425 g/mol. The van der Waals surface area contributed by atoms with Crippen molar-refractivity contribution in [3.63, 3.8) is 0 Å². The molecule has 4 aromatic rings. The molecule has 0 aliphatic rings. The zero-order chi connectivity index (χ0) is 21.4. The van der Waals surface area contributed by atoms with Crippen molar-refractivity contribution in [3.05, 3.63) is 52.9 Å². The lowest BCUT2D eigenvalue weighted by Crippen LogP contribution is -2.07. The molecule has 4 rings (SSSR count). The molecule has 0 atom stereocenters. The highest BCUT2D eigenvalue weighted by molar-refractivity contribution is 7.99. The molecule has 0 unspecified atom stereocenters. The Morgan fingerprint density at radius 2 is 1.97 bits per heavy atom. The van der Waals surface area contributed by atoms with Crippen molar-refractivity contribution in [2.75, 3.05) is 5.75 Å². The molecule has 0 N–H and O–H groups in total. The summed E-state index contributed by atoms with van der Waals surface area (Å²) >= 11 is 1.39. The molecule has 30 heavy (non-hydrogen) atoms. The molecule has 0 aromatic carbocycles. The predicted molar refractivity (Wildman–Crippen MR) is 113 cm³/mol. The Labute approximate surface area is 178 Å². The van der Waals surface area contributed by atoms with Crippen LogP contribution in [0.2, 0.25) is 0 Å². The van der Waals surface area contributed by atoms with Crippen molar-refractivity contribution < 1.29 is 13.7 Å². The van der Waals surface area contributed by atoms with Gasteiger partial charge in [0.1, 0.15) is 11.5 Å². The highest BCUT2D eigenvalue weighted by Gasteiger charge is 2.21. The number of rotatable bonds is 7. The van der Waals surface area contributed by atoms with Crippen LogP contribution in [0.15, 0.2) is 38.6 Å². The van der Waals surface area contributed by atoms with Gasteiger partial charge in [-0.25, -0.2) is 0 Å². The van der Waals surface area contributed by atoms with Crippen molar-refractivity contribution in [3.8, 4) is 17.2 Å². The minimum Gasteiger partial charge on any atom is -0.469 e. The maximum absolute atomic E-state index is 13.0. The van der Waals surface area contributed by atoms with Gasteiger partial charge in [0.15, 0.2) is 22.6 Å². The van der Waals surface area contributed by atoms with E-state index in [2.05, 4.69) is 15.4 Å². The molecular formula is C21H23N5O3S. The van der Waals surface area contributed by atoms with Gasteiger partial charge in [0.25, 0.3) is 0 Å². The number of aryl methyl sites for hydroxylation is 3. The van der Waals surface area contributed by atoms with Crippen LogP contribution in [0, 0.1) is 27.7 Å². The summed E-state index contributed by atoms with van der Waals surface area (Å²) in [5.41, 5.74) is 3.37. The number of nitrogens with zero attached hydrogens (tertiary/aromatic N) is 5. The third-order valence-electron chi connectivity index (χ3n) is 5.04. The predicted octanol–water partition coefficient (Wildman–Crippen LogP) is 4.55. The summed E-state index contributed by atoms with van der Waals surface area (Å²) in [6.07, 6.45) is 1.64. The molecule has 156 valence electrons. The van der Waals surface area contributed by atoms with E-state index in [9.17, 15) is 4.79 Å². The summed E-state index contributed by atoms with van der Waals surface area (Å²) in [6, 6.07) is 5.63. The van der Waals surface area contributed by atoms with E-state index in [0.29, 0.717) is 23.1 Å². The number of carbonyl (C=O) groups excluding carboxylic acids is 1. The van der Waals surface area contributed by atoms with E-state index in [1.807, 2.05) is 62.0 Å². The Hall–Kier alpha value is -3.07. The van der Waals surface area contributed by atoms with Gasteiger partial charge in [0.05, 0.1) is 17.6 Å². The van der Waals surface area contributed by atoms with Gasteiger partial charge in [-0.3, -0.25) is 9.36 Å². The van der Waals surface area contributed by atoms with Gasteiger partial charge in [-0.15, -0.1) is 10.2 Å². The van der Waals surface area contributed by atoms with Crippen LogP contribution in [0.1, 0.15) is 40.2 Å². The van der Waals surface area contributed by atoms with Crippen LogP contribution in [0.25, 0.3) is 17.2 Å². The molecule has 4 heterocycles. The largest absolute Gasteiger partial charge is 0.469 e. The van der Waals surface area contributed by atoms with Gasteiger partial charge >= 0.3 is 0 Å². The maximum Gasteiger partial charge on any atom is 0.191 e. The first-order valence-corrected chi connectivity index (χ1v) is 10.7. The van der Waals surface area contributed by atoms with Crippen LogP contribution < -0.4 is 0 Å². The average Bonchev–Trinajstić information content (AvgIpc) is 3.47. The Bertz CT molecular complexity index is 1210. The molecule has 0 fully saturated rings. The Morgan fingerprint density at radius 3 is 2.60 bits per heavy atom. The van der Waals surface area contributed by atoms with Crippen LogP contribution in [0.5, 0.6) is 0 Å². The van der Waals surface area contributed by atoms with Crippen molar-refractivity contribution in [1.82, 2.24) is 24.5 Å². The van der Waals surface area contributed by atoms with Crippen molar-refractivity contribution in [2.45, 2.75) is 46.3 Å². The molecule has 0 spiro atoms. The number of hydrogen-bond donors (Lipinski definition) is 0. The minimum absolute atomic E-state index is 0.0336. The topological polar surface area (TPSA) is 91.9 Å². The first-order valence-electron chi connectivity index (χ1n) is 9.67. The highest BCUT2D eigenvalue weighted by atomic mass is 32.2. The zero-order valence-corrected chi connectivity index (χ0v) is 18.4. The lowest BCUT2D eigenvalue weighted by molar-refractivity contribution is 0.102. The third kappa shape index (κ3) is 3.49. The molecule has 0 aliphatic heterocycles. The third-order valence-corrected chi connectivity index (χ3v) is 6.01. The fourth-order valence-corrected chi connectivity index (χ4v) is 4.45. The SMILES string of the molecule is CCn1c(SCC(=O)c2cc(C)n(-c3cc(C)on3)c2C)nnc1-c1ccoc1C. The number of carbonyl (C=O) groups is 1. The van der Waals surface area contributed by atoms with Crippen LogP contribution >= 0.6 is 11.8 Å². The lowest BCUT2D eigenvalue weighted by atomic mass is 10.2. The molecule has 0 saturated heterocycles. The number of aromatic nitrogens is 5. The molecule has 0 radical (unpaired) electrons. The van der Waals surface area contributed by atoms with E-state index in [0.717, 1.165) is 34.3 Å². The number of ketones is 1. The summed E-state index contributed by atoms with van der Waals surface area (Å²) < 4.78 is 14.5. The quantitative estimate of drug-likeness (QED) is 0.317. The van der Waals surface area contributed by atoms with E-state index in [4.69, 9.17) is 8.94 Å². The summed E-state index contributed by atoms with van der Waals surface area (Å²) in [5.74, 6) is 3.25. The van der Waals surface area contributed by atoms with Gasteiger partial charge in [0.2, 0.25) is 0 Å². The van der Waals surface area contributed by atoms with Gasteiger partial charge in [-0.05, 0) is 46.8 Å². The molecule has 0 aliphatic carbocycles. The van der Waals surface area contributed by atoms with Gasteiger partial charge < -0.3 is 13.5 Å². The van der Waals surface area contributed by atoms with Gasteiger partial charge in [0, 0.05) is 29.6 Å². The second kappa shape index (κ2) is 7.98. The normalized spacial score (nSPS) is 11.4. The molecule has 4 aromatic heterocycles. The Morgan fingerprint density at radius 1 is 1.17 bits per heavy atom. The fourth-order valence-electron chi connectivity index (χ4n) is 3.56.